The van der Waals surface area contributed by atoms with Crippen molar-refractivity contribution in [1.29, 1.82) is 0 Å². The van der Waals surface area contributed by atoms with Gasteiger partial charge in [0.05, 0.1) is 20.6 Å². The fourth-order valence-electron chi connectivity index (χ4n) is 2.73. The van der Waals surface area contributed by atoms with Crippen LogP contribution in [0.25, 0.3) is 10.9 Å². The van der Waals surface area contributed by atoms with E-state index in [0.29, 0.717) is 13.0 Å². The molecular weight excluding hydrogens is 304 g/mol. The van der Waals surface area contributed by atoms with Crippen LogP contribution in [0.5, 0.6) is 11.5 Å². The molecule has 1 heterocycles. The molecule has 2 aromatic carbocycles. The Morgan fingerprint density at radius 2 is 1.92 bits per heavy atom. The summed E-state index contributed by atoms with van der Waals surface area (Å²) in [5, 5.41) is 4.02. The van der Waals surface area contributed by atoms with Gasteiger partial charge in [-0.15, -0.1) is 0 Å². The van der Waals surface area contributed by atoms with Gasteiger partial charge in [-0.25, -0.2) is 0 Å². The van der Waals surface area contributed by atoms with Gasteiger partial charge in [-0.2, -0.15) is 0 Å². The summed E-state index contributed by atoms with van der Waals surface area (Å²) in [5.74, 6) is 1.42. The molecule has 5 heteroatoms. The Morgan fingerprint density at radius 3 is 2.71 bits per heavy atom. The maximum absolute atomic E-state index is 12.3. The van der Waals surface area contributed by atoms with Crippen molar-refractivity contribution in [1.82, 2.24) is 10.3 Å². The molecule has 0 saturated heterocycles. The molecule has 0 fully saturated rings. The van der Waals surface area contributed by atoms with E-state index in [2.05, 4.69) is 10.3 Å². The van der Waals surface area contributed by atoms with Crippen LogP contribution in [0.2, 0.25) is 0 Å². The number of para-hydroxylation sites is 1. The third kappa shape index (κ3) is 3.35. The minimum Gasteiger partial charge on any atom is -0.497 e. The van der Waals surface area contributed by atoms with Gasteiger partial charge in [0.25, 0.3) is 0 Å². The third-order valence-corrected chi connectivity index (χ3v) is 3.99. The van der Waals surface area contributed by atoms with Crippen LogP contribution in [0.4, 0.5) is 0 Å². The first-order valence-corrected chi connectivity index (χ1v) is 7.74. The molecular formula is C19H20N2O3. The molecule has 24 heavy (non-hydrogen) atoms. The number of aromatic amines is 1. The standard InChI is InChI=1S/C19H20N2O3/c1-23-15-7-8-18(24-2)14(9-15)12-21-19(22)10-13-11-20-17-6-4-3-5-16(13)17/h3-9,11,20H,10,12H2,1-2H3,(H,21,22). The monoisotopic (exact) mass is 324 g/mol. The van der Waals surface area contributed by atoms with Crippen molar-refractivity contribution in [2.75, 3.05) is 14.2 Å². The quantitative estimate of drug-likeness (QED) is 0.732. The number of carbonyl (C=O) groups excluding carboxylic acids is 1. The van der Waals surface area contributed by atoms with Gasteiger partial charge in [0.1, 0.15) is 11.5 Å². The fraction of sp³-hybridized carbons (Fsp3) is 0.211. The van der Waals surface area contributed by atoms with Crippen LogP contribution < -0.4 is 14.8 Å². The summed E-state index contributed by atoms with van der Waals surface area (Å²) in [6, 6.07) is 13.5. The van der Waals surface area contributed by atoms with Gasteiger partial charge in [0.15, 0.2) is 0 Å². The topological polar surface area (TPSA) is 63.4 Å². The van der Waals surface area contributed by atoms with Crippen molar-refractivity contribution in [3.8, 4) is 11.5 Å². The summed E-state index contributed by atoms with van der Waals surface area (Å²) >= 11 is 0. The molecule has 3 aromatic rings. The van der Waals surface area contributed by atoms with Gasteiger partial charge in [0, 0.05) is 29.2 Å². The predicted octanol–water partition coefficient (Wildman–Crippen LogP) is 3.04. The summed E-state index contributed by atoms with van der Waals surface area (Å²) in [6.07, 6.45) is 2.21. The molecule has 0 bridgehead atoms. The predicted molar refractivity (Wildman–Crippen MR) is 93.4 cm³/mol. The number of fused-ring (bicyclic) bond motifs is 1. The molecule has 0 atom stereocenters. The van der Waals surface area contributed by atoms with Crippen LogP contribution in [0.1, 0.15) is 11.1 Å². The van der Waals surface area contributed by atoms with Gasteiger partial charge in [-0.1, -0.05) is 18.2 Å². The minimum atomic E-state index is -0.0374. The normalized spacial score (nSPS) is 10.6. The average molecular weight is 324 g/mol. The van der Waals surface area contributed by atoms with Crippen LogP contribution in [0.3, 0.4) is 0 Å². The lowest BCUT2D eigenvalue weighted by atomic mass is 10.1. The Kier molecular flexibility index (Phi) is 4.70. The zero-order chi connectivity index (χ0) is 16.9. The number of benzene rings is 2. The second-order valence-electron chi connectivity index (χ2n) is 5.49. The van der Waals surface area contributed by atoms with Gasteiger partial charge in [0.2, 0.25) is 5.91 Å². The van der Waals surface area contributed by atoms with E-state index in [0.717, 1.165) is 33.5 Å². The van der Waals surface area contributed by atoms with E-state index in [1.54, 1.807) is 14.2 Å². The number of hydrogen-bond donors (Lipinski definition) is 2. The zero-order valence-electron chi connectivity index (χ0n) is 13.8. The summed E-state index contributed by atoms with van der Waals surface area (Å²) in [5.41, 5.74) is 2.90. The lowest BCUT2D eigenvalue weighted by Gasteiger charge is -2.11. The largest absolute Gasteiger partial charge is 0.497 e. The maximum atomic E-state index is 12.3. The number of carbonyl (C=O) groups is 1. The zero-order valence-corrected chi connectivity index (χ0v) is 13.8. The highest BCUT2D eigenvalue weighted by atomic mass is 16.5. The van der Waals surface area contributed by atoms with Crippen LogP contribution in [0, 0.1) is 0 Å². The van der Waals surface area contributed by atoms with E-state index in [1.807, 2.05) is 48.7 Å². The lowest BCUT2D eigenvalue weighted by Crippen LogP contribution is -2.24. The van der Waals surface area contributed by atoms with E-state index in [9.17, 15) is 4.79 Å². The van der Waals surface area contributed by atoms with Crippen molar-refractivity contribution >= 4 is 16.8 Å². The van der Waals surface area contributed by atoms with Gasteiger partial charge in [-0.05, 0) is 29.8 Å². The number of methoxy groups -OCH3 is 2. The number of amides is 1. The van der Waals surface area contributed by atoms with Crippen LogP contribution >= 0.6 is 0 Å². The van der Waals surface area contributed by atoms with Gasteiger partial charge >= 0.3 is 0 Å². The van der Waals surface area contributed by atoms with Crippen molar-refractivity contribution in [2.24, 2.45) is 0 Å². The highest BCUT2D eigenvalue weighted by Gasteiger charge is 2.10. The SMILES string of the molecule is COc1ccc(OC)c(CNC(=O)Cc2c[nH]c3ccccc23)c1. The Labute approximate surface area is 140 Å². The molecule has 0 aliphatic rings. The van der Waals surface area contributed by atoms with E-state index in [-0.39, 0.29) is 5.91 Å². The minimum absolute atomic E-state index is 0.0374. The second kappa shape index (κ2) is 7.08. The number of aromatic nitrogens is 1. The van der Waals surface area contributed by atoms with E-state index >= 15 is 0 Å². The first-order valence-electron chi connectivity index (χ1n) is 7.74. The summed E-state index contributed by atoms with van der Waals surface area (Å²) in [6.45, 7) is 0.390. The number of ether oxygens (including phenoxy) is 2. The second-order valence-corrected chi connectivity index (χ2v) is 5.49. The van der Waals surface area contributed by atoms with Crippen molar-refractivity contribution in [3.63, 3.8) is 0 Å². The molecule has 124 valence electrons. The molecule has 0 spiro atoms. The number of hydrogen-bond acceptors (Lipinski definition) is 3. The third-order valence-electron chi connectivity index (χ3n) is 3.99. The van der Waals surface area contributed by atoms with Crippen molar-refractivity contribution < 1.29 is 14.3 Å². The van der Waals surface area contributed by atoms with Crippen molar-refractivity contribution in [3.05, 3.63) is 59.8 Å². The van der Waals surface area contributed by atoms with E-state index in [1.165, 1.54) is 0 Å². The molecule has 0 saturated carbocycles. The molecule has 2 N–H and O–H groups in total. The van der Waals surface area contributed by atoms with Crippen LogP contribution in [0.15, 0.2) is 48.7 Å². The maximum Gasteiger partial charge on any atom is 0.224 e. The molecule has 0 aliphatic heterocycles. The molecule has 0 radical (unpaired) electrons. The highest BCUT2D eigenvalue weighted by Crippen LogP contribution is 2.24. The summed E-state index contributed by atoms with van der Waals surface area (Å²) in [4.78, 5) is 15.5. The highest BCUT2D eigenvalue weighted by molar-refractivity contribution is 5.88. The average Bonchev–Trinajstić information content (AvgIpc) is 3.02. The van der Waals surface area contributed by atoms with Gasteiger partial charge in [-0.3, -0.25) is 4.79 Å². The Hall–Kier alpha value is -2.95. The molecule has 1 aromatic heterocycles. The summed E-state index contributed by atoms with van der Waals surface area (Å²) < 4.78 is 10.6. The number of rotatable bonds is 6. The van der Waals surface area contributed by atoms with Crippen LogP contribution in [-0.2, 0) is 17.8 Å². The smallest absolute Gasteiger partial charge is 0.224 e. The Bertz CT molecular complexity index is 855. The van der Waals surface area contributed by atoms with Crippen LogP contribution in [-0.4, -0.2) is 25.1 Å². The van der Waals surface area contributed by atoms with E-state index < -0.39 is 0 Å². The first kappa shape index (κ1) is 15.9. The van der Waals surface area contributed by atoms with E-state index in [4.69, 9.17) is 9.47 Å². The lowest BCUT2D eigenvalue weighted by molar-refractivity contribution is -0.120. The Morgan fingerprint density at radius 1 is 1.08 bits per heavy atom. The molecule has 1 amide bonds. The summed E-state index contributed by atoms with van der Waals surface area (Å²) in [7, 11) is 3.22. The first-order chi connectivity index (χ1) is 11.7. The van der Waals surface area contributed by atoms with Gasteiger partial charge < -0.3 is 19.8 Å². The number of nitrogens with one attached hydrogen (secondary N) is 2. The molecule has 5 nitrogen and oxygen atoms in total. The molecule has 0 aliphatic carbocycles. The fourth-order valence-corrected chi connectivity index (χ4v) is 2.73. The van der Waals surface area contributed by atoms with Crippen molar-refractivity contribution in [2.45, 2.75) is 13.0 Å². The molecule has 0 unspecified atom stereocenters. The molecule has 3 rings (SSSR count). The Balaban J connectivity index is 1.67. The number of H-pyrrole nitrogens is 1.